The second-order valence-corrected chi connectivity index (χ2v) is 13.2. The van der Waals surface area contributed by atoms with Crippen LogP contribution in [0.15, 0.2) is 52.7 Å². The zero-order valence-corrected chi connectivity index (χ0v) is 27.7. The van der Waals surface area contributed by atoms with Gasteiger partial charge in [0.25, 0.3) is 5.56 Å². The molecule has 3 aromatic heterocycles. The van der Waals surface area contributed by atoms with E-state index >= 15 is 8.78 Å². The van der Waals surface area contributed by atoms with Crippen LogP contribution in [-0.2, 0) is 11.8 Å². The van der Waals surface area contributed by atoms with Crippen LogP contribution in [0, 0.1) is 25.5 Å². The lowest BCUT2D eigenvalue weighted by molar-refractivity contribution is -0.128. The molecular formula is C36H37F2N7O3. The van der Waals surface area contributed by atoms with Crippen molar-refractivity contribution in [1.29, 1.82) is 0 Å². The molecule has 5 aromatic rings. The van der Waals surface area contributed by atoms with E-state index in [9.17, 15) is 14.4 Å². The Morgan fingerprint density at radius 3 is 2.52 bits per heavy atom. The zero-order chi connectivity index (χ0) is 34.3. The van der Waals surface area contributed by atoms with Crippen molar-refractivity contribution in [3.63, 3.8) is 0 Å². The monoisotopic (exact) mass is 653 g/mol. The van der Waals surface area contributed by atoms with Gasteiger partial charge in [-0.3, -0.25) is 23.7 Å². The summed E-state index contributed by atoms with van der Waals surface area (Å²) in [6.07, 6.45) is 2.94. The quantitative estimate of drug-likeness (QED) is 0.256. The highest BCUT2D eigenvalue weighted by atomic mass is 19.1. The minimum absolute atomic E-state index is 0.0928. The lowest BCUT2D eigenvalue weighted by Gasteiger charge is -2.49. The van der Waals surface area contributed by atoms with E-state index < -0.39 is 22.9 Å². The molecule has 248 valence electrons. The van der Waals surface area contributed by atoms with Crippen LogP contribution in [0.2, 0.25) is 0 Å². The molecule has 2 aliphatic heterocycles. The molecule has 0 aliphatic carbocycles. The fraction of sp³-hybridized carbons (Fsp3) is 0.333. The Kier molecular flexibility index (Phi) is 7.30. The van der Waals surface area contributed by atoms with E-state index in [1.807, 2.05) is 32.6 Å². The van der Waals surface area contributed by atoms with Gasteiger partial charge in [0.15, 0.2) is 5.82 Å². The summed E-state index contributed by atoms with van der Waals surface area (Å²) in [7, 11) is 1.55. The molecule has 2 aliphatic rings. The summed E-state index contributed by atoms with van der Waals surface area (Å²) in [5.74, 6) is -2.09. The molecule has 10 nitrogen and oxygen atoms in total. The summed E-state index contributed by atoms with van der Waals surface area (Å²) >= 11 is 0. The molecule has 0 radical (unpaired) electrons. The number of benzene rings is 2. The molecule has 2 unspecified atom stereocenters. The van der Waals surface area contributed by atoms with Crippen LogP contribution < -0.4 is 21.5 Å². The fourth-order valence-corrected chi connectivity index (χ4v) is 7.53. The molecule has 48 heavy (non-hydrogen) atoms. The van der Waals surface area contributed by atoms with Gasteiger partial charge in [-0.1, -0.05) is 26.5 Å². The van der Waals surface area contributed by atoms with Crippen LogP contribution in [0.4, 0.5) is 20.2 Å². The first-order chi connectivity index (χ1) is 22.8. The molecular weight excluding hydrogens is 616 g/mol. The highest BCUT2D eigenvalue weighted by molar-refractivity contribution is 6.04. The number of nitrogens with zero attached hydrogens (tertiary/aromatic N) is 5. The summed E-state index contributed by atoms with van der Waals surface area (Å²) < 4.78 is 37.2. The maximum absolute atomic E-state index is 17.7. The van der Waals surface area contributed by atoms with Crippen molar-refractivity contribution in [1.82, 2.24) is 24.0 Å². The normalized spacial score (nSPS) is 17.5. The number of anilines is 2. The van der Waals surface area contributed by atoms with Crippen LogP contribution in [-0.4, -0.2) is 61.6 Å². The Hall–Kier alpha value is -5.26. The third-order valence-electron chi connectivity index (χ3n) is 9.87. The smallest absolute Gasteiger partial charge is 0.326 e. The first-order valence-electron chi connectivity index (χ1n) is 16.0. The highest BCUT2D eigenvalue weighted by Gasteiger charge is 2.40. The van der Waals surface area contributed by atoms with Gasteiger partial charge in [-0.05, 0) is 62.1 Å². The topological polar surface area (TPSA) is 108 Å². The van der Waals surface area contributed by atoms with E-state index in [0.717, 1.165) is 0 Å². The lowest BCUT2D eigenvalue weighted by Crippen LogP contribution is -2.62. The van der Waals surface area contributed by atoms with E-state index in [2.05, 4.69) is 21.9 Å². The van der Waals surface area contributed by atoms with Gasteiger partial charge in [-0.2, -0.15) is 0 Å². The first kappa shape index (κ1) is 31.3. The number of carbonyl (C=O) groups is 1. The lowest BCUT2D eigenvalue weighted by atomic mass is 9.93. The summed E-state index contributed by atoms with van der Waals surface area (Å²) in [6.45, 7) is 14.0. The minimum Gasteiger partial charge on any atom is -0.377 e. The van der Waals surface area contributed by atoms with E-state index in [1.165, 1.54) is 21.3 Å². The second-order valence-electron chi connectivity index (χ2n) is 13.2. The van der Waals surface area contributed by atoms with Crippen molar-refractivity contribution in [2.75, 3.05) is 29.9 Å². The van der Waals surface area contributed by atoms with Crippen LogP contribution in [0.25, 0.3) is 38.8 Å². The molecule has 0 bridgehead atoms. The highest BCUT2D eigenvalue weighted by Crippen LogP contribution is 2.44. The van der Waals surface area contributed by atoms with Gasteiger partial charge in [0.2, 0.25) is 5.91 Å². The van der Waals surface area contributed by atoms with Gasteiger partial charge in [0.05, 0.1) is 45.2 Å². The van der Waals surface area contributed by atoms with E-state index in [4.69, 9.17) is 0 Å². The number of piperazine rings is 1. The Labute approximate surface area is 275 Å². The van der Waals surface area contributed by atoms with E-state index in [0.29, 0.717) is 58.9 Å². The number of hydrogen-bond donors (Lipinski definition) is 2. The molecule has 0 spiro atoms. The number of fused-ring (bicyclic) bond motifs is 6. The molecule has 1 fully saturated rings. The predicted octanol–water partition coefficient (Wildman–Crippen LogP) is 5.27. The number of aryl methyl sites for hydroxylation is 3. The van der Waals surface area contributed by atoms with Crippen molar-refractivity contribution < 1.29 is 13.6 Å². The Morgan fingerprint density at radius 2 is 1.81 bits per heavy atom. The van der Waals surface area contributed by atoms with E-state index in [-0.39, 0.29) is 51.6 Å². The van der Waals surface area contributed by atoms with Crippen LogP contribution in [0.3, 0.4) is 0 Å². The van der Waals surface area contributed by atoms with Gasteiger partial charge in [0, 0.05) is 49.9 Å². The standard InChI is InChI=1S/C36H37F2N7O3/c1-8-25(46)43-16-21-14-40-30-33(44(21)15-20(43)6)22-13-23(37)27(26-18(4)9-10-24-34(26)42(7)36(48)41-24)28(38)32(22)45(35(30)47)31-19(5)11-12-39-29(31)17(2)3/h8-13,17,20-21,40H,1,14-16H2,2-7H3,(H,41,48). The summed E-state index contributed by atoms with van der Waals surface area (Å²) in [5, 5.41) is 3.49. The number of hydrogen-bond acceptors (Lipinski definition) is 6. The zero-order valence-electron chi connectivity index (χ0n) is 27.7. The molecule has 1 saturated heterocycles. The van der Waals surface area contributed by atoms with Gasteiger partial charge < -0.3 is 20.1 Å². The fourth-order valence-electron chi connectivity index (χ4n) is 7.53. The average molecular weight is 654 g/mol. The maximum atomic E-state index is 17.7. The molecule has 2 N–H and O–H groups in total. The number of imidazole rings is 1. The molecule has 0 saturated carbocycles. The number of aromatic nitrogens is 4. The van der Waals surface area contributed by atoms with Crippen LogP contribution >= 0.6 is 0 Å². The largest absolute Gasteiger partial charge is 0.377 e. The summed E-state index contributed by atoms with van der Waals surface area (Å²) in [5.41, 5.74) is 2.56. The molecule has 12 heteroatoms. The third kappa shape index (κ3) is 4.41. The number of nitrogens with one attached hydrogen (secondary N) is 2. The van der Waals surface area contributed by atoms with Crippen LogP contribution in [0.1, 0.15) is 43.5 Å². The van der Waals surface area contributed by atoms with Crippen molar-refractivity contribution in [2.24, 2.45) is 7.05 Å². The number of pyridine rings is 2. The maximum Gasteiger partial charge on any atom is 0.326 e. The minimum atomic E-state index is -0.928. The predicted molar refractivity (Wildman–Crippen MR) is 184 cm³/mol. The molecule has 1 amide bonds. The number of rotatable bonds is 4. The second kappa shape index (κ2) is 11.2. The van der Waals surface area contributed by atoms with Gasteiger partial charge in [0.1, 0.15) is 11.5 Å². The van der Waals surface area contributed by atoms with E-state index in [1.54, 1.807) is 43.3 Å². The van der Waals surface area contributed by atoms with Gasteiger partial charge >= 0.3 is 5.69 Å². The third-order valence-corrected chi connectivity index (χ3v) is 9.87. The van der Waals surface area contributed by atoms with Crippen molar-refractivity contribution in [3.8, 4) is 16.8 Å². The Bertz CT molecular complexity index is 2320. The number of amides is 1. The summed E-state index contributed by atoms with van der Waals surface area (Å²) in [4.78, 5) is 51.2. The van der Waals surface area contributed by atoms with Gasteiger partial charge in [-0.25, -0.2) is 13.6 Å². The molecule has 2 atom stereocenters. The number of carbonyl (C=O) groups excluding carboxylic acids is 1. The number of H-pyrrole nitrogens is 1. The molecule has 2 aromatic carbocycles. The van der Waals surface area contributed by atoms with Crippen molar-refractivity contribution in [2.45, 2.75) is 52.6 Å². The number of halogens is 2. The Morgan fingerprint density at radius 1 is 1.06 bits per heavy atom. The number of aromatic amines is 1. The Balaban J connectivity index is 1.63. The SMILES string of the molecule is C=CC(=O)N1CC2CNc3c(c4cc(F)c(-c5c(C)ccc6[nH]c(=O)n(C)c56)c(F)c4n(-c4c(C)ccnc4C(C)C)c3=O)N2CC1C. The molecule has 5 heterocycles. The van der Waals surface area contributed by atoms with Crippen molar-refractivity contribution in [3.05, 3.63) is 92.4 Å². The van der Waals surface area contributed by atoms with Gasteiger partial charge in [-0.15, -0.1) is 0 Å². The molecule has 7 rings (SSSR count). The van der Waals surface area contributed by atoms with Crippen LogP contribution in [0.5, 0.6) is 0 Å². The van der Waals surface area contributed by atoms with Crippen molar-refractivity contribution >= 4 is 39.2 Å². The summed E-state index contributed by atoms with van der Waals surface area (Å²) in [6, 6.07) is 5.95. The first-order valence-corrected chi connectivity index (χ1v) is 16.0. The average Bonchev–Trinajstić information content (AvgIpc) is 3.34.